The summed E-state index contributed by atoms with van der Waals surface area (Å²) in [6.07, 6.45) is 2.60. The first-order valence-corrected chi connectivity index (χ1v) is 6.29. The molecular weight excluding hydrogens is 337 g/mol. The standard InChI is InChI=1S/C8H9Br2NS.ClH/c9-5-3-6(12-8(5)10)7(11)4-1-2-4;/h3-4,7H,1-2,11H2;1H/t7-;/m1./s1. The first-order valence-electron chi connectivity index (χ1n) is 3.89. The molecule has 2 N–H and O–H groups in total. The van der Waals surface area contributed by atoms with Gasteiger partial charge in [-0.3, -0.25) is 0 Å². The van der Waals surface area contributed by atoms with E-state index in [9.17, 15) is 0 Å². The average Bonchev–Trinajstić information content (AvgIpc) is 2.80. The summed E-state index contributed by atoms with van der Waals surface area (Å²) in [5.41, 5.74) is 6.05. The van der Waals surface area contributed by atoms with Crippen LogP contribution in [0.1, 0.15) is 23.8 Å². The highest BCUT2D eigenvalue weighted by molar-refractivity contribution is 9.13. The fraction of sp³-hybridized carbons (Fsp3) is 0.500. The monoisotopic (exact) mass is 345 g/mol. The molecule has 0 bridgehead atoms. The van der Waals surface area contributed by atoms with E-state index < -0.39 is 0 Å². The van der Waals surface area contributed by atoms with Crippen molar-refractivity contribution >= 4 is 55.6 Å². The molecule has 0 spiro atoms. The lowest BCUT2D eigenvalue weighted by molar-refractivity contribution is 0.644. The molecule has 2 rings (SSSR count). The van der Waals surface area contributed by atoms with Crippen LogP contribution < -0.4 is 5.73 Å². The van der Waals surface area contributed by atoms with Crippen LogP contribution in [0.5, 0.6) is 0 Å². The zero-order valence-corrected chi connectivity index (χ0v) is 11.6. The van der Waals surface area contributed by atoms with Gasteiger partial charge in [-0.05, 0) is 56.7 Å². The van der Waals surface area contributed by atoms with Crippen molar-refractivity contribution in [1.29, 1.82) is 0 Å². The van der Waals surface area contributed by atoms with E-state index in [0.717, 1.165) is 14.2 Å². The van der Waals surface area contributed by atoms with Gasteiger partial charge in [-0.2, -0.15) is 0 Å². The van der Waals surface area contributed by atoms with Crippen molar-refractivity contribution in [1.82, 2.24) is 0 Å². The van der Waals surface area contributed by atoms with Gasteiger partial charge in [0.25, 0.3) is 0 Å². The molecule has 0 radical (unpaired) electrons. The largest absolute Gasteiger partial charge is 0.323 e. The zero-order valence-electron chi connectivity index (χ0n) is 6.80. The summed E-state index contributed by atoms with van der Waals surface area (Å²) in [6, 6.07) is 2.38. The average molecular weight is 348 g/mol. The van der Waals surface area contributed by atoms with Crippen molar-refractivity contribution in [3.8, 4) is 0 Å². The van der Waals surface area contributed by atoms with E-state index in [2.05, 4.69) is 37.9 Å². The molecule has 0 unspecified atom stereocenters. The van der Waals surface area contributed by atoms with Gasteiger partial charge in [0.1, 0.15) is 0 Å². The molecule has 1 fully saturated rings. The van der Waals surface area contributed by atoms with Gasteiger partial charge in [0.05, 0.1) is 3.79 Å². The van der Waals surface area contributed by atoms with Gasteiger partial charge in [0.15, 0.2) is 0 Å². The third-order valence-electron chi connectivity index (χ3n) is 2.12. The first kappa shape index (κ1) is 12.0. The van der Waals surface area contributed by atoms with Crippen molar-refractivity contribution in [3.63, 3.8) is 0 Å². The van der Waals surface area contributed by atoms with Crippen LogP contribution in [-0.4, -0.2) is 0 Å². The topological polar surface area (TPSA) is 26.0 Å². The Morgan fingerprint density at radius 3 is 2.46 bits per heavy atom. The van der Waals surface area contributed by atoms with Crippen molar-refractivity contribution in [2.24, 2.45) is 11.7 Å². The summed E-state index contributed by atoms with van der Waals surface area (Å²) >= 11 is 8.67. The molecule has 1 aromatic rings. The lowest BCUT2D eigenvalue weighted by atomic mass is 10.2. The zero-order chi connectivity index (χ0) is 8.72. The van der Waals surface area contributed by atoms with Crippen LogP contribution >= 0.6 is 55.6 Å². The summed E-state index contributed by atoms with van der Waals surface area (Å²) in [5.74, 6) is 0.738. The Labute approximate surface area is 105 Å². The van der Waals surface area contributed by atoms with Crippen LogP contribution in [0.4, 0.5) is 0 Å². The highest BCUT2D eigenvalue weighted by Crippen LogP contribution is 2.44. The van der Waals surface area contributed by atoms with E-state index in [1.54, 1.807) is 11.3 Å². The summed E-state index contributed by atoms with van der Waals surface area (Å²) < 4.78 is 2.27. The molecule has 1 saturated carbocycles. The Morgan fingerprint density at radius 1 is 1.46 bits per heavy atom. The number of rotatable bonds is 2. The van der Waals surface area contributed by atoms with E-state index in [1.807, 2.05) is 0 Å². The predicted molar refractivity (Wildman–Crippen MR) is 66.6 cm³/mol. The summed E-state index contributed by atoms with van der Waals surface area (Å²) in [6.45, 7) is 0. The molecule has 0 aromatic carbocycles. The Kier molecular flexibility index (Phi) is 4.26. The van der Waals surface area contributed by atoms with Gasteiger partial charge in [-0.15, -0.1) is 23.7 Å². The van der Waals surface area contributed by atoms with Gasteiger partial charge >= 0.3 is 0 Å². The second-order valence-corrected chi connectivity index (χ2v) is 6.39. The van der Waals surface area contributed by atoms with Crippen LogP contribution in [0.15, 0.2) is 14.3 Å². The van der Waals surface area contributed by atoms with Crippen molar-refractivity contribution in [3.05, 3.63) is 19.2 Å². The second kappa shape index (κ2) is 4.62. The minimum absolute atomic E-state index is 0. The van der Waals surface area contributed by atoms with Crippen LogP contribution in [0.25, 0.3) is 0 Å². The summed E-state index contributed by atoms with van der Waals surface area (Å²) in [7, 11) is 0. The molecule has 0 amide bonds. The maximum atomic E-state index is 6.05. The smallest absolute Gasteiger partial charge is 0.0843 e. The molecular formula is C8H10Br2ClNS. The second-order valence-electron chi connectivity index (χ2n) is 3.13. The maximum absolute atomic E-state index is 6.05. The number of nitrogens with two attached hydrogens (primary N) is 1. The van der Waals surface area contributed by atoms with E-state index >= 15 is 0 Å². The van der Waals surface area contributed by atoms with Crippen LogP contribution in [0, 0.1) is 5.92 Å². The fourth-order valence-corrected chi connectivity index (χ4v) is 3.40. The fourth-order valence-electron chi connectivity index (χ4n) is 1.22. The molecule has 1 aliphatic rings. The van der Waals surface area contributed by atoms with Crippen LogP contribution in [0.3, 0.4) is 0 Å². The minimum Gasteiger partial charge on any atom is -0.323 e. The third-order valence-corrected chi connectivity index (χ3v) is 5.48. The van der Waals surface area contributed by atoms with Gasteiger partial charge in [0, 0.05) is 15.4 Å². The van der Waals surface area contributed by atoms with E-state index in [-0.39, 0.29) is 18.4 Å². The van der Waals surface area contributed by atoms with Gasteiger partial charge < -0.3 is 5.73 Å². The quantitative estimate of drug-likeness (QED) is 0.856. The maximum Gasteiger partial charge on any atom is 0.0843 e. The lowest BCUT2D eigenvalue weighted by Gasteiger charge is -2.05. The molecule has 74 valence electrons. The Morgan fingerprint density at radius 2 is 2.08 bits per heavy atom. The van der Waals surface area contributed by atoms with E-state index in [0.29, 0.717) is 0 Å². The number of hydrogen-bond donors (Lipinski definition) is 1. The molecule has 13 heavy (non-hydrogen) atoms. The molecule has 1 nitrogen and oxygen atoms in total. The molecule has 0 saturated heterocycles. The molecule has 5 heteroatoms. The highest BCUT2D eigenvalue weighted by atomic mass is 79.9. The van der Waals surface area contributed by atoms with E-state index in [4.69, 9.17) is 5.73 Å². The summed E-state index contributed by atoms with van der Waals surface area (Å²) in [4.78, 5) is 1.29. The predicted octanol–water partition coefficient (Wildman–Crippen LogP) is 4.10. The van der Waals surface area contributed by atoms with Crippen LogP contribution in [0.2, 0.25) is 0 Å². The summed E-state index contributed by atoms with van der Waals surface area (Å²) in [5, 5.41) is 0. The van der Waals surface area contributed by atoms with Gasteiger partial charge in [-0.25, -0.2) is 0 Å². The Balaban J connectivity index is 0.000000845. The number of thiophene rings is 1. The normalized spacial score (nSPS) is 18.1. The molecule has 1 heterocycles. The van der Waals surface area contributed by atoms with Crippen molar-refractivity contribution < 1.29 is 0 Å². The Bertz CT molecular complexity index is 279. The van der Waals surface area contributed by atoms with Crippen molar-refractivity contribution in [2.75, 3.05) is 0 Å². The first-order chi connectivity index (χ1) is 5.68. The van der Waals surface area contributed by atoms with Gasteiger partial charge in [0.2, 0.25) is 0 Å². The van der Waals surface area contributed by atoms with E-state index in [1.165, 1.54) is 17.7 Å². The molecule has 1 atom stereocenters. The minimum atomic E-state index is 0. The SMILES string of the molecule is Cl.N[C@@H](c1cc(Br)c(Br)s1)C1CC1. The number of halogens is 3. The number of hydrogen-bond acceptors (Lipinski definition) is 2. The van der Waals surface area contributed by atoms with Gasteiger partial charge in [-0.1, -0.05) is 0 Å². The third kappa shape index (κ3) is 2.69. The molecule has 1 aromatic heterocycles. The highest BCUT2D eigenvalue weighted by Gasteiger charge is 2.30. The Hall–Kier alpha value is 0.910. The molecule has 0 aliphatic heterocycles. The van der Waals surface area contributed by atoms with Crippen LogP contribution in [-0.2, 0) is 0 Å². The molecule has 1 aliphatic carbocycles. The lowest BCUT2D eigenvalue weighted by Crippen LogP contribution is -2.10. The van der Waals surface area contributed by atoms with Crippen molar-refractivity contribution in [2.45, 2.75) is 18.9 Å².